The Morgan fingerprint density at radius 2 is 1.92 bits per heavy atom. The summed E-state index contributed by atoms with van der Waals surface area (Å²) in [5, 5.41) is 8.28. The lowest BCUT2D eigenvalue weighted by atomic mass is 10.2. The van der Waals surface area contributed by atoms with E-state index in [0.29, 0.717) is 16.1 Å². The molecule has 1 atom stereocenters. The summed E-state index contributed by atoms with van der Waals surface area (Å²) in [5.41, 5.74) is 1.28. The van der Waals surface area contributed by atoms with E-state index < -0.39 is 12.1 Å². The third-order valence-electron chi connectivity index (χ3n) is 3.48. The van der Waals surface area contributed by atoms with Crippen LogP contribution in [0.15, 0.2) is 59.0 Å². The molecule has 5 nitrogen and oxygen atoms in total. The molecule has 0 aliphatic carbocycles. The van der Waals surface area contributed by atoms with Crippen LogP contribution < -0.4 is 0 Å². The van der Waals surface area contributed by atoms with E-state index in [1.165, 1.54) is 30.3 Å². The van der Waals surface area contributed by atoms with Gasteiger partial charge in [0, 0.05) is 16.7 Å². The maximum Gasteiger partial charge on any atom is 0.331 e. The zero-order valence-corrected chi connectivity index (χ0v) is 14.5. The molecule has 0 N–H and O–H groups in total. The van der Waals surface area contributed by atoms with Crippen molar-refractivity contribution in [3.05, 3.63) is 76.9 Å². The molecule has 2 aromatic carbocycles. The molecule has 3 rings (SSSR count). The van der Waals surface area contributed by atoms with Gasteiger partial charge in [-0.15, -0.1) is 10.2 Å². The van der Waals surface area contributed by atoms with Crippen molar-refractivity contribution in [1.29, 1.82) is 0 Å². The average molecular weight is 373 g/mol. The van der Waals surface area contributed by atoms with Gasteiger partial charge in [-0.25, -0.2) is 9.18 Å². The van der Waals surface area contributed by atoms with Gasteiger partial charge in [-0.1, -0.05) is 29.8 Å². The first-order chi connectivity index (χ1) is 12.5. The lowest BCUT2D eigenvalue weighted by molar-refractivity contribution is -0.143. The Morgan fingerprint density at radius 1 is 1.19 bits per heavy atom. The fourth-order valence-corrected chi connectivity index (χ4v) is 2.34. The molecule has 0 radical (unpaired) electrons. The van der Waals surface area contributed by atoms with E-state index in [-0.39, 0.29) is 17.6 Å². The number of benzene rings is 2. The second-order valence-corrected chi connectivity index (χ2v) is 5.79. The number of ether oxygens (including phenoxy) is 1. The molecule has 7 heteroatoms. The summed E-state index contributed by atoms with van der Waals surface area (Å²) in [6.45, 7) is 1.61. The smallest absolute Gasteiger partial charge is 0.331 e. The highest BCUT2D eigenvalue weighted by Crippen LogP contribution is 2.23. The van der Waals surface area contributed by atoms with Gasteiger partial charge < -0.3 is 9.15 Å². The predicted molar refractivity (Wildman–Crippen MR) is 94.7 cm³/mol. The number of halogens is 2. The summed E-state index contributed by atoms with van der Waals surface area (Å²) < 4.78 is 23.7. The van der Waals surface area contributed by atoms with E-state index in [9.17, 15) is 9.18 Å². The highest BCUT2D eigenvalue weighted by atomic mass is 35.5. The number of carbonyl (C=O) groups is 1. The zero-order valence-electron chi connectivity index (χ0n) is 13.7. The van der Waals surface area contributed by atoms with Crippen LogP contribution in [-0.2, 0) is 9.53 Å². The summed E-state index contributed by atoms with van der Waals surface area (Å²) in [6.07, 6.45) is 2.10. The predicted octanol–water partition coefficient (Wildman–Crippen LogP) is 4.85. The molecule has 1 aromatic heterocycles. The van der Waals surface area contributed by atoms with Gasteiger partial charge in [0.05, 0.1) is 0 Å². The minimum absolute atomic E-state index is 0.142. The first-order valence-corrected chi connectivity index (χ1v) is 8.13. The number of nitrogens with zero attached hydrogens (tertiary/aromatic N) is 2. The lowest BCUT2D eigenvalue weighted by Gasteiger charge is -2.06. The topological polar surface area (TPSA) is 65.2 Å². The van der Waals surface area contributed by atoms with Crippen LogP contribution in [0.2, 0.25) is 5.02 Å². The number of hydrogen-bond donors (Lipinski definition) is 0. The lowest BCUT2D eigenvalue weighted by Crippen LogP contribution is -2.06. The third kappa shape index (κ3) is 4.34. The Hall–Kier alpha value is -2.99. The molecular formula is C19H14ClFN2O3. The van der Waals surface area contributed by atoms with Gasteiger partial charge in [0.1, 0.15) is 5.82 Å². The van der Waals surface area contributed by atoms with Crippen molar-refractivity contribution < 1.29 is 18.3 Å². The second kappa shape index (κ2) is 7.93. The van der Waals surface area contributed by atoms with Gasteiger partial charge in [-0.2, -0.15) is 0 Å². The van der Waals surface area contributed by atoms with Gasteiger partial charge in [0.15, 0.2) is 6.10 Å². The highest BCUT2D eigenvalue weighted by Gasteiger charge is 2.18. The number of hydrogen-bond acceptors (Lipinski definition) is 5. The largest absolute Gasteiger partial charge is 0.449 e. The van der Waals surface area contributed by atoms with Crippen LogP contribution in [0.1, 0.15) is 24.5 Å². The Bertz CT molecular complexity index is 938. The molecular weight excluding hydrogens is 359 g/mol. The molecule has 132 valence electrons. The maximum absolute atomic E-state index is 13.0. The standard InChI is InChI=1S/C19H14ClFN2O3/c1-12(25-17(24)11-8-13-4-2-3-5-16(13)20)18-22-23-19(26-18)14-6-9-15(21)10-7-14/h2-12H,1H3/b11-8+/t12-/m0/s1. The summed E-state index contributed by atoms with van der Waals surface area (Å²) in [4.78, 5) is 11.9. The van der Waals surface area contributed by atoms with Crippen LogP contribution in [0.4, 0.5) is 4.39 Å². The van der Waals surface area contributed by atoms with Crippen molar-refractivity contribution >= 4 is 23.6 Å². The van der Waals surface area contributed by atoms with E-state index in [4.69, 9.17) is 20.8 Å². The van der Waals surface area contributed by atoms with E-state index in [0.717, 1.165) is 0 Å². The summed E-state index contributed by atoms with van der Waals surface area (Å²) in [7, 11) is 0. The van der Waals surface area contributed by atoms with Gasteiger partial charge in [0.2, 0.25) is 5.89 Å². The van der Waals surface area contributed by atoms with Gasteiger partial charge in [-0.05, 0) is 48.9 Å². The number of carbonyl (C=O) groups excluding carboxylic acids is 1. The van der Waals surface area contributed by atoms with Crippen LogP contribution in [0.25, 0.3) is 17.5 Å². The third-order valence-corrected chi connectivity index (χ3v) is 3.82. The first-order valence-electron chi connectivity index (χ1n) is 7.75. The molecule has 0 amide bonds. The fraction of sp³-hybridized carbons (Fsp3) is 0.105. The Labute approximate surface area is 154 Å². The molecule has 0 fully saturated rings. The monoisotopic (exact) mass is 372 g/mol. The fourth-order valence-electron chi connectivity index (χ4n) is 2.14. The van der Waals surface area contributed by atoms with Crippen LogP contribution in [0, 0.1) is 5.82 Å². The molecule has 0 saturated carbocycles. The minimum atomic E-state index is -0.736. The van der Waals surface area contributed by atoms with Gasteiger partial charge in [-0.3, -0.25) is 0 Å². The van der Waals surface area contributed by atoms with Crippen LogP contribution in [-0.4, -0.2) is 16.2 Å². The van der Waals surface area contributed by atoms with Crippen molar-refractivity contribution in [3.63, 3.8) is 0 Å². The maximum atomic E-state index is 13.0. The normalized spacial score (nSPS) is 12.3. The molecule has 3 aromatic rings. The Kier molecular flexibility index (Phi) is 5.43. The number of aromatic nitrogens is 2. The van der Waals surface area contributed by atoms with Crippen molar-refractivity contribution in [2.24, 2.45) is 0 Å². The van der Waals surface area contributed by atoms with Gasteiger partial charge >= 0.3 is 5.97 Å². The molecule has 0 spiro atoms. The molecule has 0 aliphatic rings. The zero-order chi connectivity index (χ0) is 18.5. The summed E-state index contributed by atoms with van der Waals surface area (Å²) >= 11 is 6.02. The molecule has 0 bridgehead atoms. The second-order valence-electron chi connectivity index (χ2n) is 5.39. The average Bonchev–Trinajstić information content (AvgIpc) is 3.12. The highest BCUT2D eigenvalue weighted by molar-refractivity contribution is 6.32. The van der Waals surface area contributed by atoms with E-state index in [1.807, 2.05) is 6.07 Å². The van der Waals surface area contributed by atoms with Crippen LogP contribution in [0.5, 0.6) is 0 Å². The van der Waals surface area contributed by atoms with Crippen molar-refractivity contribution in [3.8, 4) is 11.5 Å². The molecule has 0 aliphatic heterocycles. The molecule has 1 heterocycles. The first kappa shape index (κ1) is 17.8. The van der Waals surface area contributed by atoms with Crippen LogP contribution in [0.3, 0.4) is 0 Å². The van der Waals surface area contributed by atoms with Crippen molar-refractivity contribution in [1.82, 2.24) is 10.2 Å². The quantitative estimate of drug-likeness (QED) is 0.473. The van der Waals surface area contributed by atoms with Crippen LogP contribution >= 0.6 is 11.6 Å². The minimum Gasteiger partial charge on any atom is -0.449 e. The van der Waals surface area contributed by atoms with Gasteiger partial charge in [0.25, 0.3) is 5.89 Å². The summed E-state index contributed by atoms with van der Waals surface area (Å²) in [6, 6.07) is 12.8. The number of esters is 1. The molecule has 26 heavy (non-hydrogen) atoms. The SMILES string of the molecule is C[C@H](OC(=O)/C=C/c1ccccc1Cl)c1nnc(-c2ccc(F)cc2)o1. The molecule has 0 unspecified atom stereocenters. The molecule has 0 saturated heterocycles. The Balaban J connectivity index is 1.64. The van der Waals surface area contributed by atoms with E-state index in [1.54, 1.807) is 31.2 Å². The summed E-state index contributed by atoms with van der Waals surface area (Å²) in [5.74, 6) is -0.571. The van der Waals surface area contributed by atoms with Crippen molar-refractivity contribution in [2.75, 3.05) is 0 Å². The number of rotatable bonds is 5. The Morgan fingerprint density at radius 3 is 2.65 bits per heavy atom. The van der Waals surface area contributed by atoms with E-state index >= 15 is 0 Å². The van der Waals surface area contributed by atoms with E-state index in [2.05, 4.69) is 10.2 Å². The van der Waals surface area contributed by atoms with Crippen molar-refractivity contribution in [2.45, 2.75) is 13.0 Å².